The number of benzene rings is 2. The molecule has 0 bridgehead atoms. The van der Waals surface area contributed by atoms with Gasteiger partial charge in [0.15, 0.2) is 24.4 Å². The summed E-state index contributed by atoms with van der Waals surface area (Å²) >= 11 is 0. The van der Waals surface area contributed by atoms with Crippen molar-refractivity contribution in [3.63, 3.8) is 0 Å². The van der Waals surface area contributed by atoms with Crippen LogP contribution in [0, 0.1) is 11.6 Å². The molecule has 2 saturated heterocycles. The van der Waals surface area contributed by atoms with Crippen molar-refractivity contribution in [3.05, 3.63) is 71.3 Å². The molecule has 28 heavy (non-hydrogen) atoms. The quantitative estimate of drug-likeness (QED) is 0.705. The molecule has 4 rings (SSSR count). The Morgan fingerprint density at radius 3 is 1.50 bits per heavy atom. The van der Waals surface area contributed by atoms with Crippen LogP contribution in [0.15, 0.2) is 48.5 Å². The van der Waals surface area contributed by atoms with E-state index in [0.717, 1.165) is 0 Å². The highest BCUT2D eigenvalue weighted by Gasteiger charge is 2.59. The maximum absolute atomic E-state index is 13.7. The lowest BCUT2D eigenvalue weighted by molar-refractivity contribution is -0.165. The van der Waals surface area contributed by atoms with Gasteiger partial charge in [0.2, 0.25) is 0 Å². The summed E-state index contributed by atoms with van der Waals surface area (Å²) in [5.41, 5.74) is 0.519. The molecule has 0 radical (unpaired) electrons. The minimum absolute atomic E-state index is 0.187. The standard InChI is InChI=1S/C20H16F2O6/c21-13-7-3-1-5-11(13)9-25-17-15-16(28-19(17)23)18(20(24)27-15)26-10-12-6-2-4-8-14(12)22/h1-8,15-18H,9-10H2/t15-,16-,17-,18-/m1/s1. The van der Waals surface area contributed by atoms with Crippen LogP contribution in [-0.4, -0.2) is 36.4 Å². The monoisotopic (exact) mass is 390 g/mol. The molecule has 0 aromatic heterocycles. The van der Waals surface area contributed by atoms with E-state index in [0.29, 0.717) is 0 Å². The number of carbonyl (C=O) groups is 2. The number of carbonyl (C=O) groups excluding carboxylic acids is 2. The molecule has 0 unspecified atom stereocenters. The van der Waals surface area contributed by atoms with Gasteiger partial charge in [-0.2, -0.15) is 0 Å². The van der Waals surface area contributed by atoms with E-state index in [1.54, 1.807) is 12.1 Å². The summed E-state index contributed by atoms with van der Waals surface area (Å²) in [6.45, 7) is -0.373. The smallest absolute Gasteiger partial charge is 0.339 e. The summed E-state index contributed by atoms with van der Waals surface area (Å²) in [7, 11) is 0. The molecule has 2 aliphatic heterocycles. The Bertz CT molecular complexity index is 828. The molecule has 0 amide bonds. The summed E-state index contributed by atoms with van der Waals surface area (Å²) in [5.74, 6) is -2.39. The van der Waals surface area contributed by atoms with Gasteiger partial charge in [-0.1, -0.05) is 36.4 Å². The van der Waals surface area contributed by atoms with Crippen molar-refractivity contribution in [1.82, 2.24) is 0 Å². The third kappa shape index (κ3) is 3.48. The molecule has 2 aromatic carbocycles. The Morgan fingerprint density at radius 1 is 0.714 bits per heavy atom. The van der Waals surface area contributed by atoms with Crippen molar-refractivity contribution in [2.24, 2.45) is 0 Å². The summed E-state index contributed by atoms with van der Waals surface area (Å²) in [6.07, 6.45) is -4.37. The minimum Gasteiger partial charge on any atom is -0.453 e. The fourth-order valence-electron chi connectivity index (χ4n) is 3.19. The number of ether oxygens (including phenoxy) is 4. The molecule has 8 heteroatoms. The van der Waals surface area contributed by atoms with Crippen molar-refractivity contribution >= 4 is 11.9 Å². The van der Waals surface area contributed by atoms with Gasteiger partial charge in [0, 0.05) is 11.1 Å². The summed E-state index contributed by atoms with van der Waals surface area (Å²) in [4.78, 5) is 24.3. The second-order valence-electron chi connectivity index (χ2n) is 6.45. The first kappa shape index (κ1) is 18.5. The third-order valence-corrected chi connectivity index (χ3v) is 4.64. The summed E-state index contributed by atoms with van der Waals surface area (Å²) in [6, 6.07) is 11.9. The zero-order valence-corrected chi connectivity index (χ0v) is 14.5. The molecule has 2 fully saturated rings. The Balaban J connectivity index is 1.41. The van der Waals surface area contributed by atoms with Crippen molar-refractivity contribution in [2.45, 2.75) is 37.6 Å². The Kier molecular flexibility index (Phi) is 5.06. The van der Waals surface area contributed by atoms with Gasteiger partial charge in [-0.15, -0.1) is 0 Å². The Labute approximate surface area is 159 Å². The van der Waals surface area contributed by atoms with Crippen LogP contribution in [0.4, 0.5) is 8.78 Å². The van der Waals surface area contributed by atoms with E-state index in [2.05, 4.69) is 0 Å². The number of esters is 2. The van der Waals surface area contributed by atoms with E-state index in [4.69, 9.17) is 18.9 Å². The minimum atomic E-state index is -1.18. The predicted octanol–water partition coefficient (Wildman–Crippen LogP) is 2.29. The second kappa shape index (κ2) is 7.65. The van der Waals surface area contributed by atoms with Crippen molar-refractivity contribution < 1.29 is 37.3 Å². The van der Waals surface area contributed by atoms with Gasteiger partial charge < -0.3 is 18.9 Å². The highest BCUT2D eigenvalue weighted by atomic mass is 19.1. The Hall–Kier alpha value is -2.84. The Morgan fingerprint density at radius 2 is 1.11 bits per heavy atom. The first-order valence-electron chi connectivity index (χ1n) is 8.65. The second-order valence-corrected chi connectivity index (χ2v) is 6.45. The molecule has 2 heterocycles. The maximum Gasteiger partial charge on any atom is 0.339 e. The van der Waals surface area contributed by atoms with Gasteiger partial charge in [-0.25, -0.2) is 18.4 Å². The lowest BCUT2D eigenvalue weighted by Crippen LogP contribution is -2.34. The highest BCUT2D eigenvalue weighted by Crippen LogP contribution is 2.33. The molecule has 2 aromatic rings. The number of hydrogen-bond donors (Lipinski definition) is 0. The average Bonchev–Trinajstić information content (AvgIpc) is 3.14. The normalized spacial score (nSPS) is 26.1. The topological polar surface area (TPSA) is 71.1 Å². The van der Waals surface area contributed by atoms with Gasteiger partial charge in [0.1, 0.15) is 11.6 Å². The van der Waals surface area contributed by atoms with Crippen LogP contribution < -0.4 is 0 Å². The predicted molar refractivity (Wildman–Crippen MR) is 89.7 cm³/mol. The highest BCUT2D eigenvalue weighted by molar-refractivity contribution is 5.85. The van der Waals surface area contributed by atoms with Crippen molar-refractivity contribution in [3.8, 4) is 0 Å². The lowest BCUT2D eigenvalue weighted by atomic mass is 10.1. The molecule has 0 spiro atoms. The molecular weight excluding hydrogens is 374 g/mol. The largest absolute Gasteiger partial charge is 0.453 e. The van der Waals surface area contributed by atoms with Crippen LogP contribution in [0.3, 0.4) is 0 Å². The van der Waals surface area contributed by atoms with Crippen molar-refractivity contribution in [1.29, 1.82) is 0 Å². The first-order valence-corrected chi connectivity index (χ1v) is 8.65. The number of rotatable bonds is 6. The molecule has 4 atom stereocenters. The van der Waals surface area contributed by atoms with Crippen LogP contribution in [0.5, 0.6) is 0 Å². The fourth-order valence-corrected chi connectivity index (χ4v) is 3.19. The van der Waals surface area contributed by atoms with Gasteiger partial charge in [-0.05, 0) is 12.1 Å². The van der Waals surface area contributed by atoms with Crippen LogP contribution in [-0.2, 0) is 41.8 Å². The van der Waals surface area contributed by atoms with Crippen LogP contribution >= 0.6 is 0 Å². The van der Waals surface area contributed by atoms with Crippen LogP contribution in [0.2, 0.25) is 0 Å². The van der Waals surface area contributed by atoms with Gasteiger partial charge >= 0.3 is 11.9 Å². The first-order chi connectivity index (χ1) is 13.5. The lowest BCUT2D eigenvalue weighted by Gasteiger charge is -2.14. The summed E-state index contributed by atoms with van der Waals surface area (Å²) in [5, 5.41) is 0. The van der Waals surface area contributed by atoms with E-state index >= 15 is 0 Å². The van der Waals surface area contributed by atoms with Gasteiger partial charge in [-0.3, -0.25) is 0 Å². The molecular formula is C20H16F2O6. The van der Waals surface area contributed by atoms with E-state index in [1.165, 1.54) is 36.4 Å². The third-order valence-electron chi connectivity index (χ3n) is 4.64. The average molecular weight is 390 g/mol. The number of halogens is 2. The SMILES string of the molecule is O=C1O[C@@H]2[C@@H](OC(=O)[C@@H]2OCc2ccccc2F)[C@H]1OCc1ccccc1F. The van der Waals surface area contributed by atoms with E-state index in [1.807, 2.05) is 0 Å². The molecule has 6 nitrogen and oxygen atoms in total. The summed E-state index contributed by atoms with van der Waals surface area (Å²) < 4.78 is 48.8. The molecule has 0 N–H and O–H groups in total. The van der Waals surface area contributed by atoms with E-state index in [-0.39, 0.29) is 24.3 Å². The van der Waals surface area contributed by atoms with E-state index in [9.17, 15) is 18.4 Å². The van der Waals surface area contributed by atoms with Gasteiger partial charge in [0.25, 0.3) is 0 Å². The molecule has 146 valence electrons. The van der Waals surface area contributed by atoms with Crippen LogP contribution in [0.1, 0.15) is 11.1 Å². The molecule has 2 aliphatic rings. The number of hydrogen-bond acceptors (Lipinski definition) is 6. The molecule has 0 saturated carbocycles. The molecule has 0 aliphatic carbocycles. The fraction of sp³-hybridized carbons (Fsp3) is 0.300. The van der Waals surface area contributed by atoms with E-state index < -0.39 is 48.0 Å². The number of fused-ring (bicyclic) bond motifs is 1. The zero-order chi connectivity index (χ0) is 19.7. The zero-order valence-electron chi connectivity index (χ0n) is 14.5. The maximum atomic E-state index is 13.7. The van der Waals surface area contributed by atoms with Crippen molar-refractivity contribution in [2.75, 3.05) is 0 Å². The van der Waals surface area contributed by atoms with Crippen LogP contribution in [0.25, 0.3) is 0 Å². The van der Waals surface area contributed by atoms with Gasteiger partial charge in [0.05, 0.1) is 13.2 Å².